The highest BCUT2D eigenvalue weighted by Crippen LogP contribution is 2.29. The summed E-state index contributed by atoms with van der Waals surface area (Å²) in [4.78, 5) is 2.40. The van der Waals surface area contributed by atoms with Gasteiger partial charge >= 0.3 is 0 Å². The first kappa shape index (κ1) is 14.0. The van der Waals surface area contributed by atoms with E-state index in [2.05, 4.69) is 24.8 Å². The van der Waals surface area contributed by atoms with Crippen molar-refractivity contribution in [2.75, 3.05) is 13.1 Å². The zero-order valence-electron chi connectivity index (χ0n) is 11.7. The van der Waals surface area contributed by atoms with E-state index in [0.29, 0.717) is 24.1 Å². The molecule has 1 fully saturated rings. The Balaban J connectivity index is 1.97. The molecule has 0 aromatic heterocycles. The largest absolute Gasteiger partial charge is 0.387 e. The van der Waals surface area contributed by atoms with Crippen molar-refractivity contribution in [2.45, 2.75) is 38.8 Å². The Hall–Kier alpha value is -1.37. The molecule has 0 heterocycles. The average Bonchev–Trinajstić information content (AvgIpc) is 3.21. The van der Waals surface area contributed by atoms with Crippen molar-refractivity contribution in [3.05, 3.63) is 35.4 Å². The molecule has 0 spiro atoms. The van der Waals surface area contributed by atoms with Crippen molar-refractivity contribution < 1.29 is 5.11 Å². The van der Waals surface area contributed by atoms with Crippen LogP contribution in [0.4, 0.5) is 0 Å². The van der Waals surface area contributed by atoms with E-state index in [1.807, 2.05) is 12.1 Å². The highest BCUT2D eigenvalue weighted by Gasteiger charge is 2.30. The van der Waals surface area contributed by atoms with Crippen LogP contribution in [0.25, 0.3) is 0 Å². The molecule has 1 saturated carbocycles. The van der Waals surface area contributed by atoms with Crippen molar-refractivity contribution in [2.24, 2.45) is 5.92 Å². The normalized spacial score (nSPS) is 16.6. The van der Waals surface area contributed by atoms with Gasteiger partial charge in [-0.05, 0) is 36.5 Å². The fraction of sp³-hybridized carbons (Fsp3) is 0.562. The monoisotopic (exact) mass is 258 g/mol. The SMILES string of the molecule is CC(C)CN(CC(O)c1ccc(C#N)cc1)C1CC1. The van der Waals surface area contributed by atoms with Crippen LogP contribution in [0.15, 0.2) is 24.3 Å². The van der Waals surface area contributed by atoms with Crippen LogP contribution >= 0.6 is 0 Å². The highest BCUT2D eigenvalue weighted by atomic mass is 16.3. The van der Waals surface area contributed by atoms with Gasteiger partial charge in [0.15, 0.2) is 0 Å². The number of hydrogen-bond acceptors (Lipinski definition) is 3. The summed E-state index contributed by atoms with van der Waals surface area (Å²) in [7, 11) is 0. The summed E-state index contributed by atoms with van der Waals surface area (Å²) >= 11 is 0. The summed E-state index contributed by atoms with van der Waals surface area (Å²) in [6.07, 6.45) is 2.05. The fourth-order valence-electron chi connectivity index (χ4n) is 2.39. The van der Waals surface area contributed by atoms with E-state index in [1.54, 1.807) is 12.1 Å². The van der Waals surface area contributed by atoms with E-state index in [0.717, 1.165) is 12.1 Å². The third kappa shape index (κ3) is 4.05. The Kier molecular flexibility index (Phi) is 4.57. The van der Waals surface area contributed by atoms with Crippen molar-refractivity contribution >= 4 is 0 Å². The molecule has 3 nitrogen and oxygen atoms in total. The van der Waals surface area contributed by atoms with Crippen LogP contribution in [0, 0.1) is 17.2 Å². The van der Waals surface area contributed by atoms with Gasteiger partial charge in [0, 0.05) is 19.1 Å². The maximum atomic E-state index is 10.3. The first-order valence-electron chi connectivity index (χ1n) is 7.02. The van der Waals surface area contributed by atoms with Gasteiger partial charge < -0.3 is 5.11 Å². The lowest BCUT2D eigenvalue weighted by atomic mass is 10.1. The molecule has 1 aromatic carbocycles. The summed E-state index contributed by atoms with van der Waals surface area (Å²) < 4.78 is 0. The third-order valence-electron chi connectivity index (χ3n) is 3.49. The number of hydrogen-bond donors (Lipinski definition) is 1. The fourth-order valence-corrected chi connectivity index (χ4v) is 2.39. The van der Waals surface area contributed by atoms with Crippen LogP contribution < -0.4 is 0 Å². The van der Waals surface area contributed by atoms with Crippen LogP contribution in [0.1, 0.15) is 43.9 Å². The highest BCUT2D eigenvalue weighted by molar-refractivity contribution is 5.32. The molecule has 0 saturated heterocycles. The molecular weight excluding hydrogens is 236 g/mol. The Morgan fingerprint density at radius 1 is 1.26 bits per heavy atom. The molecule has 1 aliphatic rings. The Morgan fingerprint density at radius 3 is 2.37 bits per heavy atom. The topological polar surface area (TPSA) is 47.3 Å². The van der Waals surface area contributed by atoms with Crippen LogP contribution in [0.2, 0.25) is 0 Å². The predicted octanol–water partition coefficient (Wildman–Crippen LogP) is 2.71. The lowest BCUT2D eigenvalue weighted by Gasteiger charge is -2.26. The number of aliphatic hydroxyl groups is 1. The molecule has 0 aliphatic heterocycles. The Labute approximate surface area is 115 Å². The van der Waals surface area contributed by atoms with Gasteiger partial charge in [-0.25, -0.2) is 0 Å². The third-order valence-corrected chi connectivity index (χ3v) is 3.49. The number of nitriles is 1. The van der Waals surface area contributed by atoms with Crippen molar-refractivity contribution in [3.63, 3.8) is 0 Å². The van der Waals surface area contributed by atoms with Gasteiger partial charge in [-0.3, -0.25) is 4.90 Å². The minimum atomic E-state index is -0.466. The van der Waals surface area contributed by atoms with E-state index in [4.69, 9.17) is 5.26 Å². The van der Waals surface area contributed by atoms with Crippen LogP contribution in [0.3, 0.4) is 0 Å². The molecule has 0 amide bonds. The van der Waals surface area contributed by atoms with Crippen LogP contribution in [0.5, 0.6) is 0 Å². The molecule has 0 radical (unpaired) electrons. The maximum absolute atomic E-state index is 10.3. The molecule has 1 unspecified atom stereocenters. The van der Waals surface area contributed by atoms with Gasteiger partial charge in [-0.1, -0.05) is 26.0 Å². The molecule has 2 rings (SSSR count). The van der Waals surface area contributed by atoms with Gasteiger partial charge in [-0.15, -0.1) is 0 Å². The zero-order valence-corrected chi connectivity index (χ0v) is 11.7. The van der Waals surface area contributed by atoms with Crippen molar-refractivity contribution in [1.29, 1.82) is 5.26 Å². The molecular formula is C16H22N2O. The predicted molar refractivity (Wildman–Crippen MR) is 75.5 cm³/mol. The molecule has 1 atom stereocenters. The Morgan fingerprint density at radius 2 is 1.89 bits per heavy atom. The van der Waals surface area contributed by atoms with Crippen molar-refractivity contribution in [1.82, 2.24) is 4.90 Å². The minimum absolute atomic E-state index is 0.466. The molecule has 102 valence electrons. The first-order chi connectivity index (χ1) is 9.10. The summed E-state index contributed by atoms with van der Waals surface area (Å²) in [6.45, 7) is 6.15. The quantitative estimate of drug-likeness (QED) is 0.853. The summed E-state index contributed by atoms with van der Waals surface area (Å²) in [5, 5.41) is 19.1. The van der Waals surface area contributed by atoms with Gasteiger partial charge in [0.25, 0.3) is 0 Å². The smallest absolute Gasteiger partial charge is 0.0991 e. The van der Waals surface area contributed by atoms with Gasteiger partial charge in [0.2, 0.25) is 0 Å². The number of nitrogens with zero attached hydrogens (tertiary/aromatic N) is 2. The van der Waals surface area contributed by atoms with E-state index in [-0.39, 0.29) is 0 Å². The lowest BCUT2D eigenvalue weighted by Crippen LogP contribution is -2.33. The molecule has 3 heteroatoms. The first-order valence-corrected chi connectivity index (χ1v) is 7.02. The molecule has 1 N–H and O–H groups in total. The van der Waals surface area contributed by atoms with Crippen LogP contribution in [-0.4, -0.2) is 29.1 Å². The van der Waals surface area contributed by atoms with E-state index in [9.17, 15) is 5.11 Å². The van der Waals surface area contributed by atoms with Crippen LogP contribution in [-0.2, 0) is 0 Å². The van der Waals surface area contributed by atoms with Gasteiger partial charge in [-0.2, -0.15) is 5.26 Å². The maximum Gasteiger partial charge on any atom is 0.0991 e. The summed E-state index contributed by atoms with van der Waals surface area (Å²) in [5.41, 5.74) is 1.53. The number of rotatable bonds is 6. The second-order valence-electron chi connectivity index (χ2n) is 5.83. The molecule has 19 heavy (non-hydrogen) atoms. The Bertz CT molecular complexity index is 443. The zero-order chi connectivity index (χ0) is 13.8. The number of benzene rings is 1. The minimum Gasteiger partial charge on any atom is -0.387 e. The van der Waals surface area contributed by atoms with E-state index < -0.39 is 6.10 Å². The molecule has 1 aliphatic carbocycles. The van der Waals surface area contributed by atoms with Gasteiger partial charge in [0.05, 0.1) is 17.7 Å². The molecule has 0 bridgehead atoms. The van der Waals surface area contributed by atoms with Crippen molar-refractivity contribution in [3.8, 4) is 6.07 Å². The summed E-state index contributed by atoms with van der Waals surface area (Å²) in [6, 6.07) is 9.99. The van der Waals surface area contributed by atoms with Gasteiger partial charge in [0.1, 0.15) is 0 Å². The van der Waals surface area contributed by atoms with E-state index in [1.165, 1.54) is 12.8 Å². The lowest BCUT2D eigenvalue weighted by molar-refractivity contribution is 0.101. The summed E-state index contributed by atoms with van der Waals surface area (Å²) in [5.74, 6) is 0.619. The standard InChI is InChI=1S/C16H22N2O/c1-12(2)10-18(15-7-8-15)11-16(19)14-5-3-13(9-17)4-6-14/h3-6,12,15-16,19H,7-8,10-11H2,1-2H3. The molecule has 1 aromatic rings. The second-order valence-corrected chi connectivity index (χ2v) is 5.83. The average molecular weight is 258 g/mol. The number of aliphatic hydroxyl groups excluding tert-OH is 1. The second kappa shape index (κ2) is 6.18. The van der Waals surface area contributed by atoms with E-state index >= 15 is 0 Å².